The molecule has 1 heterocycles. The molecular weight excluding hydrogens is 338 g/mol. The summed E-state index contributed by atoms with van der Waals surface area (Å²) >= 11 is 6.32. The van der Waals surface area contributed by atoms with Crippen LogP contribution in [-0.4, -0.2) is 42.9 Å². The molecule has 25 heavy (non-hydrogen) atoms. The van der Waals surface area contributed by atoms with E-state index >= 15 is 0 Å². The zero-order chi connectivity index (χ0) is 17.6. The largest absolute Gasteiger partial charge is 0.378 e. The van der Waals surface area contributed by atoms with Gasteiger partial charge in [0.05, 0.1) is 19.1 Å². The predicted octanol–water partition coefficient (Wildman–Crippen LogP) is 3.56. The normalized spacial score (nSPS) is 15.6. The van der Waals surface area contributed by atoms with Crippen LogP contribution in [0.25, 0.3) is 0 Å². The number of hydrogen-bond acceptors (Lipinski definition) is 3. The number of Topliss-reactive ketones (excluding diaryl/α,β-unsaturated/α-hetero) is 1. The maximum atomic E-state index is 13.1. The van der Waals surface area contributed by atoms with Gasteiger partial charge in [0.25, 0.3) is 0 Å². The first-order chi connectivity index (χ1) is 12.2. The average Bonchev–Trinajstić information content (AvgIpc) is 2.67. The number of nitrogens with zero attached hydrogens (tertiary/aromatic N) is 1. The molecule has 0 aromatic heterocycles. The second-order valence-electron chi connectivity index (χ2n) is 6.01. The summed E-state index contributed by atoms with van der Waals surface area (Å²) in [5.41, 5.74) is 1.30. The van der Waals surface area contributed by atoms with Gasteiger partial charge in [-0.1, -0.05) is 60.1 Å². The van der Waals surface area contributed by atoms with Crippen molar-refractivity contribution in [3.8, 4) is 0 Å². The lowest BCUT2D eigenvalue weighted by Gasteiger charge is -2.30. The monoisotopic (exact) mass is 357 g/mol. The third-order valence-corrected chi connectivity index (χ3v) is 4.73. The molecule has 0 N–H and O–H groups in total. The lowest BCUT2D eigenvalue weighted by Crippen LogP contribution is -2.43. The highest BCUT2D eigenvalue weighted by Gasteiger charge is 2.30. The molecule has 130 valence electrons. The number of hydrogen-bond donors (Lipinski definition) is 0. The molecule has 0 aliphatic carbocycles. The van der Waals surface area contributed by atoms with Gasteiger partial charge >= 0.3 is 0 Å². The number of ether oxygens (including phenoxy) is 1. The summed E-state index contributed by atoms with van der Waals surface area (Å²) in [6.45, 7) is 2.12. The molecule has 1 amide bonds. The molecule has 0 unspecified atom stereocenters. The minimum absolute atomic E-state index is 0.0628. The average molecular weight is 358 g/mol. The Balaban J connectivity index is 1.87. The van der Waals surface area contributed by atoms with Crippen LogP contribution in [0.3, 0.4) is 0 Å². The third kappa shape index (κ3) is 4.27. The molecule has 1 atom stereocenters. The van der Waals surface area contributed by atoms with Crippen molar-refractivity contribution in [3.05, 3.63) is 70.7 Å². The SMILES string of the molecule is O=C(C[C@@H](C(=O)N1CCOCC1)c1ccccc1Cl)c1ccccc1. The Morgan fingerprint density at radius 3 is 2.32 bits per heavy atom. The van der Waals surface area contributed by atoms with Crippen molar-refractivity contribution >= 4 is 23.3 Å². The van der Waals surface area contributed by atoms with Gasteiger partial charge in [0.2, 0.25) is 5.91 Å². The van der Waals surface area contributed by atoms with E-state index in [-0.39, 0.29) is 18.1 Å². The summed E-state index contributed by atoms with van der Waals surface area (Å²) in [6, 6.07) is 16.3. The molecular formula is C20H20ClNO3. The molecule has 4 nitrogen and oxygen atoms in total. The van der Waals surface area contributed by atoms with Crippen LogP contribution in [0.4, 0.5) is 0 Å². The first-order valence-electron chi connectivity index (χ1n) is 8.36. The van der Waals surface area contributed by atoms with Gasteiger partial charge in [-0.2, -0.15) is 0 Å². The van der Waals surface area contributed by atoms with Crippen molar-refractivity contribution in [2.24, 2.45) is 0 Å². The number of ketones is 1. The molecule has 1 aliphatic rings. The van der Waals surface area contributed by atoms with E-state index in [9.17, 15) is 9.59 Å². The van der Waals surface area contributed by atoms with E-state index < -0.39 is 5.92 Å². The van der Waals surface area contributed by atoms with Crippen LogP contribution >= 0.6 is 11.6 Å². The summed E-state index contributed by atoms with van der Waals surface area (Å²) < 4.78 is 5.32. The first kappa shape index (κ1) is 17.6. The second kappa shape index (κ2) is 8.28. The fraction of sp³-hybridized carbons (Fsp3) is 0.300. The van der Waals surface area contributed by atoms with E-state index in [4.69, 9.17) is 16.3 Å². The van der Waals surface area contributed by atoms with Gasteiger partial charge in [-0.3, -0.25) is 9.59 Å². The maximum Gasteiger partial charge on any atom is 0.230 e. The number of morpholine rings is 1. The van der Waals surface area contributed by atoms with Gasteiger partial charge in [-0.25, -0.2) is 0 Å². The van der Waals surface area contributed by atoms with E-state index in [1.54, 1.807) is 23.1 Å². The number of carbonyl (C=O) groups is 2. The molecule has 2 aromatic carbocycles. The number of carbonyl (C=O) groups excluding carboxylic acids is 2. The third-order valence-electron chi connectivity index (χ3n) is 4.39. The molecule has 3 rings (SSSR count). The topological polar surface area (TPSA) is 46.6 Å². The molecule has 1 aliphatic heterocycles. The van der Waals surface area contributed by atoms with Gasteiger partial charge < -0.3 is 9.64 Å². The number of halogens is 1. The van der Waals surface area contributed by atoms with E-state index in [0.29, 0.717) is 42.5 Å². The molecule has 0 bridgehead atoms. The van der Waals surface area contributed by atoms with Gasteiger partial charge in [-0.15, -0.1) is 0 Å². The molecule has 1 saturated heterocycles. The lowest BCUT2D eigenvalue weighted by molar-refractivity contribution is -0.136. The Morgan fingerprint density at radius 2 is 1.64 bits per heavy atom. The molecule has 1 fully saturated rings. The number of benzene rings is 2. The minimum atomic E-state index is -0.584. The van der Waals surface area contributed by atoms with Crippen molar-refractivity contribution in [2.75, 3.05) is 26.3 Å². The quantitative estimate of drug-likeness (QED) is 0.769. The van der Waals surface area contributed by atoms with Gasteiger partial charge in [0.15, 0.2) is 5.78 Å². The molecule has 0 spiro atoms. The summed E-state index contributed by atoms with van der Waals surface area (Å²) in [7, 11) is 0. The zero-order valence-corrected chi connectivity index (χ0v) is 14.6. The second-order valence-corrected chi connectivity index (χ2v) is 6.41. The Hall–Kier alpha value is -2.17. The smallest absolute Gasteiger partial charge is 0.230 e. The van der Waals surface area contributed by atoms with Crippen LogP contribution in [0.5, 0.6) is 0 Å². The van der Waals surface area contributed by atoms with Crippen molar-refractivity contribution in [2.45, 2.75) is 12.3 Å². The van der Waals surface area contributed by atoms with Crippen molar-refractivity contribution in [3.63, 3.8) is 0 Å². The van der Waals surface area contributed by atoms with Crippen LogP contribution in [0.1, 0.15) is 28.3 Å². The van der Waals surface area contributed by atoms with Crippen molar-refractivity contribution in [1.82, 2.24) is 4.90 Å². The van der Waals surface area contributed by atoms with E-state index in [2.05, 4.69) is 0 Å². The van der Waals surface area contributed by atoms with Crippen LogP contribution in [0.15, 0.2) is 54.6 Å². The van der Waals surface area contributed by atoms with Crippen LogP contribution in [-0.2, 0) is 9.53 Å². The zero-order valence-electron chi connectivity index (χ0n) is 13.9. The standard InChI is InChI=1S/C20H20ClNO3/c21-18-9-5-4-8-16(18)17(20(24)22-10-12-25-13-11-22)14-19(23)15-6-2-1-3-7-15/h1-9,17H,10-14H2/t17-/m1/s1. The summed E-state index contributed by atoms with van der Waals surface area (Å²) in [5, 5.41) is 0.509. The highest BCUT2D eigenvalue weighted by atomic mass is 35.5. The fourth-order valence-electron chi connectivity index (χ4n) is 3.02. The van der Waals surface area contributed by atoms with Crippen molar-refractivity contribution in [1.29, 1.82) is 0 Å². The van der Waals surface area contributed by atoms with Gasteiger partial charge in [-0.05, 0) is 11.6 Å². The van der Waals surface area contributed by atoms with Crippen LogP contribution in [0, 0.1) is 0 Å². The lowest BCUT2D eigenvalue weighted by atomic mass is 9.90. The fourth-order valence-corrected chi connectivity index (χ4v) is 3.29. The first-order valence-corrected chi connectivity index (χ1v) is 8.74. The molecule has 5 heteroatoms. The molecule has 0 saturated carbocycles. The predicted molar refractivity (Wildman–Crippen MR) is 97.0 cm³/mol. The van der Waals surface area contributed by atoms with E-state index in [1.165, 1.54) is 0 Å². The van der Waals surface area contributed by atoms with Gasteiger partial charge in [0.1, 0.15) is 0 Å². The van der Waals surface area contributed by atoms with E-state index in [0.717, 1.165) is 0 Å². The Bertz CT molecular complexity index is 742. The Kier molecular flexibility index (Phi) is 5.84. The Morgan fingerprint density at radius 1 is 1.00 bits per heavy atom. The van der Waals surface area contributed by atoms with E-state index in [1.807, 2.05) is 36.4 Å². The highest BCUT2D eigenvalue weighted by Crippen LogP contribution is 2.30. The van der Waals surface area contributed by atoms with Crippen molar-refractivity contribution < 1.29 is 14.3 Å². The molecule has 2 aromatic rings. The van der Waals surface area contributed by atoms with Crippen LogP contribution < -0.4 is 0 Å². The summed E-state index contributed by atoms with van der Waals surface area (Å²) in [4.78, 5) is 27.5. The summed E-state index contributed by atoms with van der Waals surface area (Å²) in [6.07, 6.45) is 0.101. The maximum absolute atomic E-state index is 13.1. The van der Waals surface area contributed by atoms with Crippen LogP contribution in [0.2, 0.25) is 5.02 Å². The van der Waals surface area contributed by atoms with Gasteiger partial charge in [0, 0.05) is 30.1 Å². The summed E-state index contributed by atoms with van der Waals surface area (Å²) in [5.74, 6) is -0.715. The number of rotatable bonds is 5. The highest BCUT2D eigenvalue weighted by molar-refractivity contribution is 6.31. The number of amides is 1. The minimum Gasteiger partial charge on any atom is -0.378 e. The Labute approximate surface area is 152 Å². The molecule has 0 radical (unpaired) electrons.